The van der Waals surface area contributed by atoms with Crippen LogP contribution in [0.25, 0.3) is 22.3 Å². The Hall–Kier alpha value is -4.01. The second-order valence-electron chi connectivity index (χ2n) is 10.2. The van der Waals surface area contributed by atoms with Crippen molar-refractivity contribution in [2.24, 2.45) is 10.9 Å². The second-order valence-corrected chi connectivity index (χ2v) is 10.2. The van der Waals surface area contributed by atoms with Gasteiger partial charge in [0.05, 0.1) is 52.1 Å². The molecular formula is C28H28N4O5. The normalized spacial score (nSPS) is 19.1. The summed E-state index contributed by atoms with van der Waals surface area (Å²) in [6, 6.07) is 7.65. The fraction of sp³-hybridized carbons (Fsp3) is 0.393. The molecule has 5 heterocycles. The number of hydrogen-bond acceptors (Lipinski definition) is 8. The van der Waals surface area contributed by atoms with Gasteiger partial charge in [-0.25, -0.2) is 14.8 Å². The van der Waals surface area contributed by atoms with E-state index in [1.807, 2.05) is 24.5 Å². The van der Waals surface area contributed by atoms with Crippen molar-refractivity contribution in [3.8, 4) is 11.4 Å². The minimum absolute atomic E-state index is 0.146. The van der Waals surface area contributed by atoms with Gasteiger partial charge in [0.2, 0.25) is 5.60 Å². The first-order chi connectivity index (χ1) is 17.7. The van der Waals surface area contributed by atoms with Crippen molar-refractivity contribution in [3.63, 3.8) is 0 Å². The fourth-order valence-corrected chi connectivity index (χ4v) is 5.67. The van der Waals surface area contributed by atoms with E-state index in [-0.39, 0.29) is 18.6 Å². The number of cyclic esters (lactones) is 1. The minimum Gasteiger partial charge on any atom is -0.457 e. The maximum absolute atomic E-state index is 13.8. The van der Waals surface area contributed by atoms with Gasteiger partial charge in [-0.05, 0) is 37.0 Å². The van der Waals surface area contributed by atoms with Gasteiger partial charge in [0.15, 0.2) is 0 Å². The number of esters is 2. The summed E-state index contributed by atoms with van der Waals surface area (Å²) in [5.74, 6) is -0.764. The van der Waals surface area contributed by atoms with Gasteiger partial charge in [0.1, 0.15) is 6.61 Å². The topological polar surface area (TPSA) is 103 Å². The Morgan fingerprint density at radius 2 is 2.05 bits per heavy atom. The minimum atomic E-state index is -1.66. The summed E-state index contributed by atoms with van der Waals surface area (Å²) in [4.78, 5) is 50.6. The highest BCUT2D eigenvalue weighted by molar-refractivity contribution is 6.11. The van der Waals surface area contributed by atoms with Crippen molar-refractivity contribution in [3.05, 3.63) is 51.3 Å². The Morgan fingerprint density at radius 3 is 2.78 bits per heavy atom. The number of fused-ring (bicyclic) bond motifs is 5. The lowest BCUT2D eigenvalue weighted by molar-refractivity contribution is -0.188. The summed E-state index contributed by atoms with van der Waals surface area (Å²) in [6.07, 6.45) is 2.99. The van der Waals surface area contributed by atoms with Crippen LogP contribution >= 0.6 is 0 Å². The molecule has 3 aliphatic rings. The predicted molar refractivity (Wildman–Crippen MR) is 139 cm³/mol. The van der Waals surface area contributed by atoms with Crippen LogP contribution in [0, 0.1) is 5.92 Å². The Bertz CT molecular complexity index is 1590. The standard InChI is InChI=1S/C28H28N4O5/c1-5-28(37-16(4)33)19-11-22-24-17(12-32(22)26(34)18(19)13-36-27(28)35)25-23-20(7-6-8-21(23)30-24)29-14-31(25)10-9-15(2)3/h6-8,11,14-15H,5,9-10,12-13H2,1-4H3/t28-/m0/s1. The molecule has 0 amide bonds. The van der Waals surface area contributed by atoms with Crippen molar-refractivity contribution in [1.29, 1.82) is 0 Å². The lowest BCUT2D eigenvalue weighted by Crippen LogP contribution is -2.47. The Labute approximate surface area is 213 Å². The summed E-state index contributed by atoms with van der Waals surface area (Å²) in [5, 5.41) is 0.972. The first-order valence-electron chi connectivity index (χ1n) is 12.7. The smallest absolute Gasteiger partial charge is 0.355 e. The summed E-state index contributed by atoms with van der Waals surface area (Å²) in [5.41, 5.74) is 3.68. The number of carbonyl (C=O) groups is 2. The number of carbonyl (C=O) groups excluding carboxylic acids is 2. The molecule has 9 nitrogen and oxygen atoms in total. The monoisotopic (exact) mass is 500 g/mol. The largest absolute Gasteiger partial charge is 0.457 e. The van der Waals surface area contributed by atoms with Crippen LogP contribution < -0.4 is 10.5 Å². The third-order valence-electron chi connectivity index (χ3n) is 7.52. The van der Waals surface area contributed by atoms with Crippen LogP contribution in [-0.4, -0.2) is 34.4 Å². The number of nitrogens with zero attached hydrogens (tertiary/aromatic N) is 4. The molecule has 3 aromatic rings. The zero-order chi connectivity index (χ0) is 26.1. The van der Waals surface area contributed by atoms with E-state index in [9.17, 15) is 14.4 Å². The van der Waals surface area contributed by atoms with E-state index in [0.717, 1.165) is 40.8 Å². The highest BCUT2D eigenvalue weighted by Crippen LogP contribution is 2.47. The van der Waals surface area contributed by atoms with Crippen molar-refractivity contribution in [1.82, 2.24) is 9.55 Å². The number of hydrogen-bond donors (Lipinski definition) is 0. The number of rotatable bonds is 5. The van der Waals surface area contributed by atoms with Crippen molar-refractivity contribution >= 4 is 40.6 Å². The quantitative estimate of drug-likeness (QED) is 0.379. The molecule has 0 unspecified atom stereocenters. The molecule has 0 spiro atoms. The Kier molecular flexibility index (Phi) is 5.22. The van der Waals surface area contributed by atoms with E-state index < -0.39 is 17.5 Å². The van der Waals surface area contributed by atoms with E-state index in [1.54, 1.807) is 17.6 Å². The summed E-state index contributed by atoms with van der Waals surface area (Å²) >= 11 is 0. The molecule has 1 aromatic carbocycles. The molecule has 0 radical (unpaired) electrons. The maximum atomic E-state index is 13.8. The predicted octanol–water partition coefficient (Wildman–Crippen LogP) is 4.18. The zero-order valence-electron chi connectivity index (χ0n) is 21.3. The molecular weight excluding hydrogens is 472 g/mol. The third-order valence-corrected chi connectivity index (χ3v) is 7.52. The third kappa shape index (κ3) is 3.33. The van der Waals surface area contributed by atoms with Crippen LogP contribution in [0.1, 0.15) is 57.2 Å². The van der Waals surface area contributed by atoms with E-state index in [1.165, 1.54) is 6.92 Å². The molecule has 0 saturated carbocycles. The number of pyridine rings is 2. The summed E-state index contributed by atoms with van der Waals surface area (Å²) in [6.45, 7) is 8.33. The number of ether oxygens (including phenoxy) is 2. The van der Waals surface area contributed by atoms with E-state index in [0.29, 0.717) is 35.0 Å². The van der Waals surface area contributed by atoms with Crippen LogP contribution in [0.5, 0.6) is 0 Å². The van der Waals surface area contributed by atoms with Crippen LogP contribution in [0.2, 0.25) is 0 Å². The molecule has 0 fully saturated rings. The number of aromatic nitrogens is 2. The molecule has 0 N–H and O–H groups in total. The van der Waals surface area contributed by atoms with Crippen LogP contribution in [0.3, 0.4) is 0 Å². The van der Waals surface area contributed by atoms with Gasteiger partial charge in [-0.15, -0.1) is 0 Å². The van der Waals surface area contributed by atoms with Crippen LogP contribution in [0.4, 0.5) is 11.4 Å². The van der Waals surface area contributed by atoms with Gasteiger partial charge >= 0.3 is 11.9 Å². The second kappa shape index (κ2) is 8.26. The van der Waals surface area contributed by atoms with E-state index in [4.69, 9.17) is 14.5 Å². The first kappa shape index (κ1) is 23.4. The molecule has 37 heavy (non-hydrogen) atoms. The van der Waals surface area contributed by atoms with Crippen LogP contribution in [-0.2, 0) is 37.8 Å². The molecule has 1 atom stereocenters. The Balaban J connectivity index is 1.61. The van der Waals surface area contributed by atoms with Gasteiger partial charge in [0, 0.05) is 24.6 Å². The van der Waals surface area contributed by atoms with Crippen molar-refractivity contribution in [2.45, 2.75) is 59.3 Å². The molecule has 3 aliphatic heterocycles. The van der Waals surface area contributed by atoms with Gasteiger partial charge < -0.3 is 18.9 Å². The molecule has 6 rings (SSSR count). The molecule has 9 heteroatoms. The zero-order valence-corrected chi connectivity index (χ0v) is 21.3. The fourth-order valence-electron chi connectivity index (χ4n) is 5.67. The number of aliphatic imine (C=N–C) groups is 1. The summed E-state index contributed by atoms with van der Waals surface area (Å²) < 4.78 is 12.6. The molecule has 0 aliphatic carbocycles. The molecule has 190 valence electrons. The van der Waals surface area contributed by atoms with Gasteiger partial charge in [-0.1, -0.05) is 26.8 Å². The van der Waals surface area contributed by atoms with E-state index >= 15 is 0 Å². The highest BCUT2D eigenvalue weighted by Gasteiger charge is 2.50. The number of benzene rings is 1. The highest BCUT2D eigenvalue weighted by atomic mass is 16.6. The van der Waals surface area contributed by atoms with Gasteiger partial charge in [-0.2, -0.15) is 0 Å². The molecule has 0 saturated heterocycles. The lowest BCUT2D eigenvalue weighted by atomic mass is 9.85. The SMILES string of the molecule is CC[C@@]1(OC(C)=O)C(=O)OCc2c1cc1n(c2=O)Cc2c-1nc1cccc3c1c2N(CCC(C)C)C=N3. The molecule has 0 bridgehead atoms. The number of anilines is 1. The molecule has 2 aromatic heterocycles. The average Bonchev–Trinajstić information content (AvgIpc) is 3.24. The average molecular weight is 501 g/mol. The Morgan fingerprint density at radius 1 is 1.24 bits per heavy atom. The van der Waals surface area contributed by atoms with Crippen molar-refractivity contribution < 1.29 is 19.1 Å². The van der Waals surface area contributed by atoms with E-state index in [2.05, 4.69) is 23.7 Å². The maximum Gasteiger partial charge on any atom is 0.355 e. The van der Waals surface area contributed by atoms with Crippen LogP contribution in [0.15, 0.2) is 34.1 Å². The summed E-state index contributed by atoms with van der Waals surface area (Å²) in [7, 11) is 0. The van der Waals surface area contributed by atoms with Gasteiger partial charge in [-0.3, -0.25) is 9.59 Å². The van der Waals surface area contributed by atoms with Crippen molar-refractivity contribution in [2.75, 3.05) is 11.4 Å². The van der Waals surface area contributed by atoms with Gasteiger partial charge in [0.25, 0.3) is 5.56 Å². The first-order valence-corrected chi connectivity index (χ1v) is 12.7. The lowest BCUT2D eigenvalue weighted by Gasteiger charge is -2.35.